The van der Waals surface area contributed by atoms with Crippen molar-refractivity contribution in [3.63, 3.8) is 0 Å². The molecule has 0 saturated carbocycles. The van der Waals surface area contributed by atoms with Gasteiger partial charge in [0, 0.05) is 0 Å². The highest BCUT2D eigenvalue weighted by atomic mass is 32.2. The van der Waals surface area contributed by atoms with E-state index in [1.165, 1.54) is 6.07 Å². The van der Waals surface area contributed by atoms with E-state index in [1.54, 1.807) is 13.0 Å². The Hall–Kier alpha value is -0.920. The highest BCUT2D eigenvalue weighted by Gasteiger charge is 2.28. The van der Waals surface area contributed by atoms with Gasteiger partial charge in [0.15, 0.2) is 9.84 Å². The number of fused-ring (bicyclic) bond motifs is 1. The lowest BCUT2D eigenvalue weighted by molar-refractivity contribution is 0.596. The van der Waals surface area contributed by atoms with Crippen molar-refractivity contribution in [1.29, 1.82) is 0 Å². The summed E-state index contributed by atoms with van der Waals surface area (Å²) in [5.41, 5.74) is 1.16. The minimum absolute atomic E-state index is 0.0375. The third-order valence-electron chi connectivity index (χ3n) is 2.64. The average Bonchev–Trinajstić information content (AvgIpc) is 2.39. The number of hydrogen-bond acceptors (Lipinski definition) is 4. The van der Waals surface area contributed by atoms with Gasteiger partial charge in [0.2, 0.25) is 10.0 Å². The number of benzene rings is 1. The van der Waals surface area contributed by atoms with Crippen LogP contribution < -0.4 is 5.14 Å². The van der Waals surface area contributed by atoms with Gasteiger partial charge in [-0.1, -0.05) is 6.07 Å². The molecule has 88 valence electrons. The van der Waals surface area contributed by atoms with Gasteiger partial charge in [0.25, 0.3) is 0 Å². The van der Waals surface area contributed by atoms with Gasteiger partial charge in [0.05, 0.1) is 15.5 Å². The summed E-state index contributed by atoms with van der Waals surface area (Å²) in [6.45, 7) is 1.60. The molecule has 0 radical (unpaired) electrons. The van der Waals surface area contributed by atoms with E-state index in [1.807, 2.05) is 0 Å². The van der Waals surface area contributed by atoms with Gasteiger partial charge in [-0.05, 0) is 30.5 Å². The normalized spacial score (nSPS) is 18.4. The molecule has 0 aromatic heterocycles. The van der Waals surface area contributed by atoms with Crippen molar-refractivity contribution in [3.05, 3.63) is 23.3 Å². The topological polar surface area (TPSA) is 94.3 Å². The molecule has 0 amide bonds. The molecule has 2 N–H and O–H groups in total. The molecule has 5 nitrogen and oxygen atoms in total. The molecule has 0 fully saturated rings. The molecule has 0 aliphatic carbocycles. The van der Waals surface area contributed by atoms with E-state index < -0.39 is 19.9 Å². The molecule has 7 heteroatoms. The fourth-order valence-electron chi connectivity index (χ4n) is 1.87. The van der Waals surface area contributed by atoms with Gasteiger partial charge in [-0.2, -0.15) is 0 Å². The van der Waals surface area contributed by atoms with Gasteiger partial charge in [-0.3, -0.25) is 0 Å². The first kappa shape index (κ1) is 11.6. The Bertz CT molecular complexity index is 658. The van der Waals surface area contributed by atoms with Crippen LogP contribution in [0.4, 0.5) is 0 Å². The highest BCUT2D eigenvalue weighted by Crippen LogP contribution is 2.30. The summed E-state index contributed by atoms with van der Waals surface area (Å²) in [6, 6.07) is 2.75. The Labute approximate surface area is 94.2 Å². The van der Waals surface area contributed by atoms with Crippen LogP contribution >= 0.6 is 0 Å². The van der Waals surface area contributed by atoms with Crippen LogP contribution in [0.3, 0.4) is 0 Å². The van der Waals surface area contributed by atoms with E-state index in [9.17, 15) is 16.8 Å². The number of aryl methyl sites for hydroxylation is 2. The van der Waals surface area contributed by atoms with Crippen molar-refractivity contribution in [1.82, 2.24) is 0 Å². The standard InChI is InChI=1S/C9H11NO4S2/c1-6-4-7-2-3-15(11,12)9(7)5-8(6)16(10,13)14/h4-5H,2-3H2,1H3,(H2,10,13,14). The van der Waals surface area contributed by atoms with Crippen molar-refractivity contribution in [2.24, 2.45) is 5.14 Å². The average molecular weight is 261 g/mol. The van der Waals surface area contributed by atoms with Gasteiger partial charge in [-0.15, -0.1) is 0 Å². The second-order valence-corrected chi connectivity index (χ2v) is 7.45. The first-order chi connectivity index (χ1) is 7.22. The largest absolute Gasteiger partial charge is 0.238 e. The lowest BCUT2D eigenvalue weighted by Crippen LogP contribution is -2.14. The molecular formula is C9H11NO4S2. The van der Waals surface area contributed by atoms with Gasteiger partial charge in [-0.25, -0.2) is 22.0 Å². The van der Waals surface area contributed by atoms with Crippen molar-refractivity contribution < 1.29 is 16.8 Å². The van der Waals surface area contributed by atoms with E-state index in [2.05, 4.69) is 0 Å². The lowest BCUT2D eigenvalue weighted by atomic mass is 10.1. The second kappa shape index (κ2) is 3.28. The minimum atomic E-state index is -3.87. The maximum absolute atomic E-state index is 11.6. The molecule has 1 aliphatic rings. The fraction of sp³-hybridized carbons (Fsp3) is 0.333. The molecule has 1 aromatic rings. The number of rotatable bonds is 1. The second-order valence-electron chi connectivity index (χ2n) is 3.84. The molecule has 0 saturated heterocycles. The number of primary sulfonamides is 1. The van der Waals surface area contributed by atoms with Crippen molar-refractivity contribution >= 4 is 19.9 Å². The summed E-state index contributed by atoms with van der Waals surface area (Å²) in [5, 5.41) is 5.02. The van der Waals surface area contributed by atoms with Crippen LogP contribution in [0.1, 0.15) is 11.1 Å². The molecule has 0 unspecified atom stereocenters. The summed E-state index contributed by atoms with van der Waals surface area (Å²) in [6.07, 6.45) is 0.434. The number of hydrogen-bond donors (Lipinski definition) is 1. The smallest absolute Gasteiger partial charge is 0.225 e. The highest BCUT2D eigenvalue weighted by molar-refractivity contribution is 7.92. The fourth-order valence-corrected chi connectivity index (χ4v) is 4.31. The van der Waals surface area contributed by atoms with Gasteiger partial charge in [0.1, 0.15) is 0 Å². The molecule has 16 heavy (non-hydrogen) atoms. The Morgan fingerprint density at radius 2 is 1.94 bits per heavy atom. The SMILES string of the molecule is Cc1cc2c(cc1S(N)(=O)=O)S(=O)(=O)CC2. The Kier molecular flexibility index (Phi) is 2.37. The van der Waals surface area contributed by atoms with Crippen LogP contribution in [0.2, 0.25) is 0 Å². The van der Waals surface area contributed by atoms with Crippen LogP contribution in [0.25, 0.3) is 0 Å². The van der Waals surface area contributed by atoms with Gasteiger partial charge < -0.3 is 0 Å². The van der Waals surface area contributed by atoms with E-state index in [4.69, 9.17) is 5.14 Å². The third kappa shape index (κ3) is 1.74. The van der Waals surface area contributed by atoms with Crippen molar-refractivity contribution in [2.75, 3.05) is 5.75 Å². The molecule has 1 heterocycles. The van der Waals surface area contributed by atoms with Gasteiger partial charge >= 0.3 is 0 Å². The van der Waals surface area contributed by atoms with Crippen molar-refractivity contribution in [3.8, 4) is 0 Å². The molecule has 2 rings (SSSR count). The zero-order chi connectivity index (χ0) is 12.1. The summed E-state index contributed by atoms with van der Waals surface area (Å²) in [7, 11) is -7.19. The van der Waals surface area contributed by atoms with Crippen LogP contribution in [-0.2, 0) is 26.3 Å². The van der Waals surface area contributed by atoms with E-state index in [0.29, 0.717) is 17.5 Å². The summed E-state index contributed by atoms with van der Waals surface area (Å²) in [4.78, 5) is -0.0150. The monoisotopic (exact) mass is 261 g/mol. The zero-order valence-corrected chi connectivity index (χ0v) is 10.2. The van der Waals surface area contributed by atoms with Crippen LogP contribution in [0, 0.1) is 6.92 Å². The Morgan fingerprint density at radius 3 is 2.50 bits per heavy atom. The van der Waals surface area contributed by atoms with Crippen LogP contribution in [-0.4, -0.2) is 22.6 Å². The van der Waals surface area contributed by atoms with E-state index >= 15 is 0 Å². The van der Waals surface area contributed by atoms with Crippen molar-refractivity contribution in [2.45, 2.75) is 23.1 Å². The molecular weight excluding hydrogens is 250 g/mol. The molecule has 1 aromatic carbocycles. The molecule has 0 bridgehead atoms. The van der Waals surface area contributed by atoms with E-state index in [-0.39, 0.29) is 15.5 Å². The van der Waals surface area contributed by atoms with Crippen LogP contribution in [0.15, 0.2) is 21.9 Å². The summed E-state index contributed by atoms with van der Waals surface area (Å²) >= 11 is 0. The molecule has 0 atom stereocenters. The first-order valence-corrected chi connectivity index (χ1v) is 7.81. The lowest BCUT2D eigenvalue weighted by Gasteiger charge is -2.06. The Morgan fingerprint density at radius 1 is 1.31 bits per heavy atom. The quantitative estimate of drug-likeness (QED) is 0.768. The molecule has 0 spiro atoms. The minimum Gasteiger partial charge on any atom is -0.225 e. The third-order valence-corrected chi connectivity index (χ3v) is 5.48. The number of sulfone groups is 1. The predicted octanol–water partition coefficient (Wildman–Crippen LogP) is -0.0278. The molecule has 1 aliphatic heterocycles. The van der Waals surface area contributed by atoms with Crippen LogP contribution in [0.5, 0.6) is 0 Å². The Balaban J connectivity index is 2.80. The zero-order valence-electron chi connectivity index (χ0n) is 8.60. The predicted molar refractivity (Wildman–Crippen MR) is 58.3 cm³/mol. The maximum atomic E-state index is 11.6. The number of nitrogens with two attached hydrogens (primary N) is 1. The maximum Gasteiger partial charge on any atom is 0.238 e. The van der Waals surface area contributed by atoms with E-state index in [0.717, 1.165) is 0 Å². The first-order valence-electron chi connectivity index (χ1n) is 4.61. The number of sulfonamides is 1. The summed E-state index contributed by atoms with van der Waals surface area (Å²) < 4.78 is 45.7. The summed E-state index contributed by atoms with van der Waals surface area (Å²) in [5.74, 6) is 0.0375.